The topological polar surface area (TPSA) is 190 Å². The van der Waals surface area contributed by atoms with Gasteiger partial charge in [-0.2, -0.15) is 0 Å². The Labute approximate surface area is 364 Å². The number of carbonyl (C=O) groups is 1. The maximum Gasteiger partial charge on any atom is 1.00 e. The number of fused-ring (bicyclic) bond motifs is 2. The molecule has 1 aliphatic carbocycles. The Hall–Kier alpha value is -3.38. The van der Waals surface area contributed by atoms with Gasteiger partial charge in [-0.1, -0.05) is 57.2 Å². The minimum atomic E-state index is -4.81. The normalized spacial score (nSPS) is 16.9. The third-order valence-electron chi connectivity index (χ3n) is 9.83. The molecule has 0 saturated carbocycles. The molecule has 0 aromatic heterocycles. The van der Waals surface area contributed by atoms with E-state index in [1.165, 1.54) is 18.2 Å². The average Bonchev–Trinajstić information content (AvgIpc) is 3.35. The van der Waals surface area contributed by atoms with E-state index in [4.69, 9.17) is 13.9 Å². The van der Waals surface area contributed by atoms with E-state index in [0.29, 0.717) is 43.3 Å². The predicted molar refractivity (Wildman–Crippen MR) is 218 cm³/mol. The van der Waals surface area contributed by atoms with Crippen LogP contribution in [0.4, 0.5) is 5.69 Å². The van der Waals surface area contributed by atoms with Crippen molar-refractivity contribution in [2.45, 2.75) is 69.1 Å². The third kappa shape index (κ3) is 13.3. The standard InChI is InChI=1S/C42H54N2O11S2.Na/c1-41(2,3)39-28-31(34-19-17-32(29-37(34)55-39)43(23-25-53-5)24-26-54-6)14-10-8-7-9-11-15-38-42(4,21-12-16-40(45)46)35-30-33(57(50,51)52)18-20-36(35)44(38)22-13-27-56(47,48)49;/h7-11,14-15,17-20,28-30H,12-13,16,21-27H2,1-6H3,(H2-,45,46,47,48,49,50,51,52);/q;+1/p-1. The van der Waals surface area contributed by atoms with E-state index >= 15 is 0 Å². The monoisotopic (exact) mass is 848 g/mol. The van der Waals surface area contributed by atoms with Gasteiger partial charge in [0.05, 0.1) is 21.1 Å². The Morgan fingerprint density at radius 1 is 0.931 bits per heavy atom. The number of carboxylic acid groups (broad SMARTS) is 1. The number of methoxy groups -OCH3 is 2. The van der Waals surface area contributed by atoms with E-state index in [1.54, 1.807) is 37.3 Å². The van der Waals surface area contributed by atoms with Gasteiger partial charge < -0.3 is 33.0 Å². The van der Waals surface area contributed by atoms with Crippen molar-refractivity contribution in [1.29, 1.82) is 0 Å². The minimum absolute atomic E-state index is 0. The summed E-state index contributed by atoms with van der Waals surface area (Å²) >= 11 is 0. The quantitative estimate of drug-likeness (QED) is 0.0805. The summed E-state index contributed by atoms with van der Waals surface area (Å²) in [7, 11) is -5.96. The number of anilines is 1. The fourth-order valence-corrected chi connectivity index (χ4v) is 7.84. The molecule has 3 aliphatic rings. The van der Waals surface area contributed by atoms with E-state index in [-0.39, 0.29) is 67.2 Å². The van der Waals surface area contributed by atoms with Crippen LogP contribution < -0.4 is 44.4 Å². The first-order valence-corrected chi connectivity index (χ1v) is 21.7. The minimum Gasteiger partial charge on any atom is -0.748 e. The average molecular weight is 849 g/mol. The summed E-state index contributed by atoms with van der Waals surface area (Å²) in [5.41, 5.74) is 2.40. The van der Waals surface area contributed by atoms with Gasteiger partial charge in [-0.15, -0.1) is 0 Å². The zero-order valence-electron chi connectivity index (χ0n) is 34.4. The summed E-state index contributed by atoms with van der Waals surface area (Å²) in [6.45, 7) is 10.7. The van der Waals surface area contributed by atoms with Crippen molar-refractivity contribution in [2.75, 3.05) is 57.7 Å². The van der Waals surface area contributed by atoms with Crippen LogP contribution in [0.15, 0.2) is 93.9 Å². The van der Waals surface area contributed by atoms with Crippen LogP contribution in [0, 0.1) is 0 Å². The molecule has 0 amide bonds. The van der Waals surface area contributed by atoms with Crippen molar-refractivity contribution in [3.63, 3.8) is 0 Å². The maximum atomic E-state index is 12.0. The molecule has 0 fully saturated rings. The van der Waals surface area contributed by atoms with Gasteiger partial charge in [0.2, 0.25) is 5.36 Å². The van der Waals surface area contributed by atoms with Crippen LogP contribution in [0.2, 0.25) is 0 Å². The fraction of sp³-hybridized carbons (Fsp3) is 0.429. The van der Waals surface area contributed by atoms with Crippen LogP contribution in [0.3, 0.4) is 0 Å². The summed E-state index contributed by atoms with van der Waals surface area (Å²) < 4.78 is 89.7. The molecule has 1 atom stereocenters. The van der Waals surface area contributed by atoms with Crippen molar-refractivity contribution < 1.29 is 79.3 Å². The zero-order valence-corrected chi connectivity index (χ0v) is 38.0. The smallest absolute Gasteiger partial charge is 0.748 e. The Morgan fingerprint density at radius 2 is 1.59 bits per heavy atom. The van der Waals surface area contributed by atoms with Crippen LogP contribution in [-0.4, -0.2) is 89.8 Å². The van der Waals surface area contributed by atoms with Gasteiger partial charge in [0.25, 0.3) is 0 Å². The molecule has 13 nitrogen and oxygen atoms in total. The van der Waals surface area contributed by atoms with E-state index in [2.05, 4.69) is 31.4 Å². The molecule has 0 radical (unpaired) electrons. The second kappa shape index (κ2) is 21.2. The molecule has 1 aromatic rings. The summed E-state index contributed by atoms with van der Waals surface area (Å²) in [6, 6.07) is 12.2. The summed E-state index contributed by atoms with van der Waals surface area (Å²) in [6.07, 6.45) is 13.4. The third-order valence-corrected chi connectivity index (χ3v) is 11.5. The van der Waals surface area contributed by atoms with E-state index < -0.39 is 42.3 Å². The number of hydrogen-bond donors (Lipinski definition) is 1. The number of aliphatic carboxylic acids is 1. The Balaban J connectivity index is 0.00000900. The van der Waals surface area contributed by atoms with E-state index in [0.717, 1.165) is 28.0 Å². The molecule has 16 heteroatoms. The molecule has 58 heavy (non-hydrogen) atoms. The molecule has 0 bridgehead atoms. The molecule has 1 unspecified atom stereocenters. The number of allylic oxidation sites excluding steroid dienone is 7. The van der Waals surface area contributed by atoms with Crippen molar-refractivity contribution in [1.82, 2.24) is 4.58 Å². The first kappa shape index (κ1) is 49.0. The largest absolute Gasteiger partial charge is 1.00 e. The van der Waals surface area contributed by atoms with Crippen LogP contribution in [0.25, 0.3) is 17.4 Å². The Kier molecular flexibility index (Phi) is 17.9. The number of carboxylic acids is 1. The molecular formula is C42H53N2NaO11S2. The van der Waals surface area contributed by atoms with Crippen LogP contribution in [0.5, 0.6) is 0 Å². The summed E-state index contributed by atoms with van der Waals surface area (Å²) in [5, 5.41) is 10.4. The zero-order chi connectivity index (χ0) is 42.0. The molecular weight excluding hydrogens is 796 g/mol. The van der Waals surface area contributed by atoms with Gasteiger partial charge in [-0.25, -0.2) is 21.4 Å². The molecule has 4 rings (SSSR count). The van der Waals surface area contributed by atoms with Crippen LogP contribution in [-0.2, 0) is 45.3 Å². The fourth-order valence-electron chi connectivity index (χ4n) is 6.86. The molecule has 1 N–H and O–H groups in total. The van der Waals surface area contributed by atoms with Gasteiger partial charge in [0.1, 0.15) is 34.9 Å². The predicted octanol–water partition coefficient (Wildman–Crippen LogP) is 2.63. The summed E-state index contributed by atoms with van der Waals surface area (Å²) in [5.74, 6) is -0.0293. The van der Waals surface area contributed by atoms with Crippen LogP contribution in [0.1, 0.15) is 70.3 Å². The van der Waals surface area contributed by atoms with Crippen molar-refractivity contribution in [3.05, 3.63) is 107 Å². The second-order valence-electron chi connectivity index (χ2n) is 15.1. The van der Waals surface area contributed by atoms with E-state index in [1.807, 2.05) is 49.4 Å². The number of ether oxygens (including phenoxy) is 2. The van der Waals surface area contributed by atoms with Crippen molar-refractivity contribution in [3.8, 4) is 11.3 Å². The van der Waals surface area contributed by atoms with Gasteiger partial charge in [0.15, 0.2) is 13.1 Å². The van der Waals surface area contributed by atoms with Gasteiger partial charge in [0, 0.05) is 66.8 Å². The molecule has 2 heterocycles. The first-order valence-electron chi connectivity index (χ1n) is 18.7. The Morgan fingerprint density at radius 3 is 2.19 bits per heavy atom. The Bertz CT molecular complexity index is 2280. The van der Waals surface area contributed by atoms with Gasteiger partial charge in [-0.3, -0.25) is 4.79 Å². The number of hydrogen-bond acceptors (Lipinski definition) is 11. The van der Waals surface area contributed by atoms with E-state index in [9.17, 15) is 35.8 Å². The van der Waals surface area contributed by atoms with Gasteiger partial charge in [-0.05, 0) is 73.7 Å². The first-order chi connectivity index (χ1) is 26.8. The second-order valence-corrected chi connectivity index (χ2v) is 18.0. The molecule has 1 aromatic carbocycles. The van der Waals surface area contributed by atoms with Crippen molar-refractivity contribution in [2.24, 2.45) is 0 Å². The molecule has 0 saturated heterocycles. The number of benzene rings is 2. The number of nitrogens with zero attached hydrogens (tertiary/aromatic N) is 2. The summed E-state index contributed by atoms with van der Waals surface area (Å²) in [4.78, 5) is 12.8. The molecule has 2 aliphatic heterocycles. The molecule has 310 valence electrons. The van der Waals surface area contributed by atoms with Crippen molar-refractivity contribution >= 4 is 38.0 Å². The van der Waals surface area contributed by atoms with Gasteiger partial charge >= 0.3 is 35.5 Å². The SMILES string of the molecule is COCC[N+](CCOC)=c1ccc2c(/C=C/C=C/C=C/C=C3\N(CCCS(=O)(=O)[O-])c4ccc(S(=O)(=O)[O-])cc4C3(C)CCCC(=O)O)cc(C(C)(C)C)oc-2c1.[Na+]. The number of rotatable bonds is 19. The van der Waals surface area contributed by atoms with Crippen LogP contribution >= 0.6 is 0 Å². The molecule has 0 spiro atoms. The maximum absolute atomic E-state index is 12.0.